The first kappa shape index (κ1) is 11.0. The molecule has 6 nitrogen and oxygen atoms in total. The summed E-state index contributed by atoms with van der Waals surface area (Å²) in [5, 5.41) is 0.857. The zero-order valence-electron chi connectivity index (χ0n) is 8.83. The number of H-pyrrole nitrogens is 1. The molecule has 0 spiro atoms. The van der Waals surface area contributed by atoms with Gasteiger partial charge < -0.3 is 4.98 Å². The van der Waals surface area contributed by atoms with E-state index in [9.17, 15) is 8.42 Å². The van der Waals surface area contributed by atoms with Crippen molar-refractivity contribution in [2.75, 3.05) is 11.5 Å². The number of thioether (sulfide) groups is 1. The maximum atomic E-state index is 11.4. The number of aromatic nitrogens is 4. The van der Waals surface area contributed by atoms with Gasteiger partial charge in [-0.25, -0.2) is 23.4 Å². The summed E-state index contributed by atoms with van der Waals surface area (Å²) in [6.07, 6.45) is 3.70. The number of fused-ring (bicyclic) bond motifs is 1. The minimum absolute atomic E-state index is 0.0846. The molecule has 0 saturated carbocycles. The van der Waals surface area contributed by atoms with E-state index in [4.69, 9.17) is 0 Å². The van der Waals surface area contributed by atoms with E-state index in [1.54, 1.807) is 6.33 Å². The van der Waals surface area contributed by atoms with Gasteiger partial charge in [0.05, 0.1) is 17.8 Å². The van der Waals surface area contributed by atoms with Gasteiger partial charge in [0.25, 0.3) is 0 Å². The van der Waals surface area contributed by atoms with E-state index in [1.165, 1.54) is 18.1 Å². The molecule has 1 saturated heterocycles. The highest BCUT2D eigenvalue weighted by Gasteiger charge is 2.29. The summed E-state index contributed by atoms with van der Waals surface area (Å²) in [5.41, 5.74) is 1.39. The monoisotopic (exact) mass is 270 g/mol. The van der Waals surface area contributed by atoms with Gasteiger partial charge >= 0.3 is 0 Å². The number of nitrogens with zero attached hydrogens (tertiary/aromatic N) is 3. The van der Waals surface area contributed by atoms with Crippen LogP contribution in [0.5, 0.6) is 0 Å². The maximum absolute atomic E-state index is 11.4. The van der Waals surface area contributed by atoms with Crippen LogP contribution in [0, 0.1) is 0 Å². The van der Waals surface area contributed by atoms with Crippen LogP contribution < -0.4 is 0 Å². The first-order valence-corrected chi connectivity index (χ1v) is 7.85. The second kappa shape index (κ2) is 3.95. The molecule has 8 heteroatoms. The van der Waals surface area contributed by atoms with Crippen LogP contribution in [-0.2, 0) is 9.84 Å². The van der Waals surface area contributed by atoms with E-state index in [2.05, 4.69) is 19.9 Å². The standard InChI is InChI=1S/C9H10N4O2S2/c14-17(15)2-1-6(3-17)16-9-7-8(11-4-10-7)12-5-13-9/h4-6H,1-3H2,(H,10,11,12,13). The van der Waals surface area contributed by atoms with Crippen molar-refractivity contribution in [3.05, 3.63) is 12.7 Å². The van der Waals surface area contributed by atoms with E-state index in [1.807, 2.05) is 0 Å². The molecule has 3 heterocycles. The largest absolute Gasteiger partial charge is 0.341 e. The second-order valence-electron chi connectivity index (χ2n) is 3.92. The fourth-order valence-electron chi connectivity index (χ4n) is 1.84. The van der Waals surface area contributed by atoms with Crippen LogP contribution >= 0.6 is 11.8 Å². The van der Waals surface area contributed by atoms with Crippen molar-refractivity contribution in [2.24, 2.45) is 0 Å². The first-order chi connectivity index (χ1) is 8.14. The van der Waals surface area contributed by atoms with Crippen molar-refractivity contribution < 1.29 is 8.42 Å². The van der Waals surface area contributed by atoms with Crippen molar-refractivity contribution in [2.45, 2.75) is 16.7 Å². The van der Waals surface area contributed by atoms with Crippen molar-refractivity contribution in [3.63, 3.8) is 0 Å². The van der Waals surface area contributed by atoms with E-state index in [-0.39, 0.29) is 16.8 Å². The third kappa shape index (κ3) is 2.14. The van der Waals surface area contributed by atoms with Crippen LogP contribution in [0.3, 0.4) is 0 Å². The summed E-state index contributed by atoms with van der Waals surface area (Å²) in [4.78, 5) is 15.2. The predicted octanol–water partition coefficient (Wildman–Crippen LogP) is 0.632. The van der Waals surface area contributed by atoms with Crippen LogP contribution in [0.1, 0.15) is 6.42 Å². The zero-order chi connectivity index (χ0) is 11.9. The molecule has 1 unspecified atom stereocenters. The average molecular weight is 270 g/mol. The Morgan fingerprint density at radius 1 is 1.35 bits per heavy atom. The number of aromatic amines is 1. The molecule has 0 bridgehead atoms. The summed E-state index contributed by atoms with van der Waals surface area (Å²) in [7, 11) is -2.85. The third-order valence-electron chi connectivity index (χ3n) is 2.66. The number of rotatable bonds is 2. The summed E-state index contributed by atoms with van der Waals surface area (Å²) in [6.45, 7) is 0. The number of hydrogen-bond acceptors (Lipinski definition) is 6. The molecule has 1 aliphatic rings. The van der Waals surface area contributed by atoms with Crippen molar-refractivity contribution in [1.82, 2.24) is 19.9 Å². The van der Waals surface area contributed by atoms with Gasteiger partial charge in [-0.3, -0.25) is 0 Å². The Labute approximate surface area is 102 Å². The van der Waals surface area contributed by atoms with Gasteiger partial charge in [-0.15, -0.1) is 0 Å². The quantitative estimate of drug-likeness (QED) is 0.805. The van der Waals surface area contributed by atoms with Gasteiger partial charge in [0, 0.05) is 5.25 Å². The summed E-state index contributed by atoms with van der Waals surface area (Å²) < 4.78 is 22.8. The lowest BCUT2D eigenvalue weighted by Crippen LogP contribution is -2.06. The second-order valence-corrected chi connectivity index (χ2v) is 7.44. The lowest BCUT2D eigenvalue weighted by atomic mass is 10.4. The molecule has 17 heavy (non-hydrogen) atoms. The number of sulfone groups is 1. The molecule has 1 fully saturated rings. The van der Waals surface area contributed by atoms with Gasteiger partial charge in [0.1, 0.15) is 16.9 Å². The zero-order valence-corrected chi connectivity index (χ0v) is 10.5. The molecule has 2 aromatic heterocycles. The van der Waals surface area contributed by atoms with E-state index in [0.717, 1.165) is 10.5 Å². The third-order valence-corrected chi connectivity index (χ3v) is 5.90. The SMILES string of the molecule is O=S1(=O)CCC(Sc2ncnc3nc[nH]c23)C1. The molecule has 2 aromatic rings. The highest BCUT2D eigenvalue weighted by Crippen LogP contribution is 2.32. The van der Waals surface area contributed by atoms with Crippen LogP contribution in [-0.4, -0.2) is 45.1 Å². The Bertz CT molecular complexity index is 652. The number of nitrogens with one attached hydrogen (secondary N) is 1. The van der Waals surface area contributed by atoms with E-state index < -0.39 is 9.84 Å². The Morgan fingerprint density at radius 3 is 3.00 bits per heavy atom. The van der Waals surface area contributed by atoms with Crippen LogP contribution in [0.4, 0.5) is 0 Å². The van der Waals surface area contributed by atoms with Gasteiger partial charge in [0.2, 0.25) is 0 Å². The summed E-state index contributed by atoms with van der Waals surface area (Å²) >= 11 is 1.49. The van der Waals surface area contributed by atoms with Crippen molar-refractivity contribution in [1.29, 1.82) is 0 Å². The van der Waals surface area contributed by atoms with Crippen LogP contribution in [0.2, 0.25) is 0 Å². The summed E-state index contributed by atoms with van der Waals surface area (Å²) in [5.74, 6) is 0.513. The molecular weight excluding hydrogens is 260 g/mol. The van der Waals surface area contributed by atoms with Crippen LogP contribution in [0.15, 0.2) is 17.7 Å². The van der Waals surface area contributed by atoms with Gasteiger partial charge in [-0.1, -0.05) is 11.8 Å². The maximum Gasteiger partial charge on any atom is 0.181 e. The highest BCUT2D eigenvalue weighted by atomic mass is 32.2. The molecule has 90 valence electrons. The molecule has 0 aliphatic carbocycles. The Hall–Kier alpha value is -1.15. The van der Waals surface area contributed by atoms with Crippen molar-refractivity contribution in [3.8, 4) is 0 Å². The average Bonchev–Trinajstić information content (AvgIpc) is 2.85. The predicted molar refractivity (Wildman–Crippen MR) is 64.6 cm³/mol. The molecule has 0 aromatic carbocycles. The lowest BCUT2D eigenvalue weighted by molar-refractivity contribution is 0.602. The normalized spacial score (nSPS) is 23.2. The molecule has 1 aliphatic heterocycles. The fraction of sp³-hybridized carbons (Fsp3) is 0.444. The molecule has 1 atom stereocenters. The van der Waals surface area contributed by atoms with E-state index in [0.29, 0.717) is 12.1 Å². The number of imidazole rings is 1. The van der Waals surface area contributed by atoms with Gasteiger partial charge in [-0.2, -0.15) is 0 Å². The minimum Gasteiger partial charge on any atom is -0.341 e. The van der Waals surface area contributed by atoms with Crippen LogP contribution in [0.25, 0.3) is 11.2 Å². The fourth-order valence-corrected chi connectivity index (χ4v) is 5.36. The molecule has 0 radical (unpaired) electrons. The number of hydrogen-bond donors (Lipinski definition) is 1. The lowest BCUT2D eigenvalue weighted by Gasteiger charge is -2.06. The molecule has 0 amide bonds. The molecular formula is C9H10N4O2S2. The first-order valence-electron chi connectivity index (χ1n) is 5.15. The summed E-state index contributed by atoms with van der Waals surface area (Å²) in [6, 6.07) is 0. The molecule has 1 N–H and O–H groups in total. The minimum atomic E-state index is -2.85. The van der Waals surface area contributed by atoms with Gasteiger partial charge in [-0.05, 0) is 6.42 Å². The highest BCUT2D eigenvalue weighted by molar-refractivity contribution is 8.02. The smallest absolute Gasteiger partial charge is 0.181 e. The van der Waals surface area contributed by atoms with Crippen molar-refractivity contribution >= 4 is 32.8 Å². The Balaban J connectivity index is 1.88. The molecule has 3 rings (SSSR count). The van der Waals surface area contributed by atoms with E-state index >= 15 is 0 Å². The topological polar surface area (TPSA) is 88.6 Å². The Morgan fingerprint density at radius 2 is 2.24 bits per heavy atom. The van der Waals surface area contributed by atoms with Gasteiger partial charge in [0.15, 0.2) is 15.5 Å². The Kier molecular flexibility index (Phi) is 2.55.